The number of pyridine rings is 1. The van der Waals surface area contributed by atoms with Gasteiger partial charge in [0.1, 0.15) is 11.5 Å². The van der Waals surface area contributed by atoms with Crippen LogP contribution in [0.3, 0.4) is 0 Å². The number of carbonyl (C=O) groups excluding carboxylic acids is 1. The number of nitrogens with zero attached hydrogens (tertiary/aromatic N) is 2. The lowest BCUT2D eigenvalue weighted by atomic mass is 10.1. The predicted octanol–water partition coefficient (Wildman–Crippen LogP) is 1.65. The molecular formula is C14H15N3O3. The monoisotopic (exact) mass is 273 g/mol. The van der Waals surface area contributed by atoms with Crippen LogP contribution in [0.25, 0.3) is 0 Å². The summed E-state index contributed by atoms with van der Waals surface area (Å²) < 4.78 is 5.09. The fourth-order valence-corrected chi connectivity index (χ4v) is 2.57. The summed E-state index contributed by atoms with van der Waals surface area (Å²) in [7, 11) is 0. The van der Waals surface area contributed by atoms with Gasteiger partial charge in [-0.2, -0.15) is 0 Å². The third-order valence-corrected chi connectivity index (χ3v) is 3.53. The van der Waals surface area contributed by atoms with Crippen LogP contribution in [0.1, 0.15) is 40.7 Å². The smallest absolute Gasteiger partial charge is 0.255 e. The molecule has 2 aromatic rings. The molecule has 2 aromatic heterocycles. The maximum atomic E-state index is 12.5. The van der Waals surface area contributed by atoms with Gasteiger partial charge in [0.15, 0.2) is 0 Å². The first-order chi connectivity index (χ1) is 9.65. The molecule has 6 nitrogen and oxygen atoms in total. The highest BCUT2D eigenvalue weighted by molar-refractivity contribution is 5.94. The number of H-pyrrole nitrogens is 1. The molecule has 0 aromatic carbocycles. The van der Waals surface area contributed by atoms with Crippen LogP contribution in [0.4, 0.5) is 0 Å². The first kappa shape index (κ1) is 12.7. The minimum atomic E-state index is -0.216. The Kier molecular flexibility index (Phi) is 3.14. The zero-order valence-corrected chi connectivity index (χ0v) is 11.1. The number of likely N-dealkylation sites (tertiary alicyclic amines) is 1. The van der Waals surface area contributed by atoms with Gasteiger partial charge in [0.05, 0.1) is 11.6 Å². The molecule has 0 saturated carbocycles. The van der Waals surface area contributed by atoms with Crippen LogP contribution < -0.4 is 5.56 Å². The molecule has 20 heavy (non-hydrogen) atoms. The Hall–Kier alpha value is -2.37. The minimum Gasteiger partial charge on any atom is -0.361 e. The first-order valence-electron chi connectivity index (χ1n) is 6.58. The van der Waals surface area contributed by atoms with E-state index in [1.807, 2.05) is 13.0 Å². The van der Waals surface area contributed by atoms with Crippen molar-refractivity contribution < 1.29 is 9.32 Å². The lowest BCUT2D eigenvalue weighted by molar-refractivity contribution is 0.0730. The maximum absolute atomic E-state index is 12.5. The molecule has 1 fully saturated rings. The second-order valence-corrected chi connectivity index (χ2v) is 4.96. The quantitative estimate of drug-likeness (QED) is 0.902. The fourth-order valence-electron chi connectivity index (χ4n) is 2.57. The molecule has 1 aliphatic heterocycles. The van der Waals surface area contributed by atoms with Gasteiger partial charge in [0, 0.05) is 24.9 Å². The predicted molar refractivity (Wildman–Crippen MR) is 71.3 cm³/mol. The lowest BCUT2D eigenvalue weighted by Crippen LogP contribution is -2.31. The van der Waals surface area contributed by atoms with Gasteiger partial charge in [-0.05, 0) is 25.8 Å². The van der Waals surface area contributed by atoms with E-state index >= 15 is 0 Å². The Bertz CT molecular complexity index is 668. The van der Waals surface area contributed by atoms with Crippen LogP contribution in [-0.4, -0.2) is 27.5 Å². The molecule has 0 bridgehead atoms. The number of hydrogen-bond donors (Lipinski definition) is 1. The summed E-state index contributed by atoms with van der Waals surface area (Å²) in [5.74, 6) is 0.646. The number of amides is 1. The third kappa shape index (κ3) is 2.24. The number of aromatic nitrogens is 2. The molecule has 6 heteroatoms. The van der Waals surface area contributed by atoms with E-state index in [-0.39, 0.29) is 17.5 Å². The topological polar surface area (TPSA) is 79.2 Å². The van der Waals surface area contributed by atoms with Gasteiger partial charge < -0.3 is 14.4 Å². The van der Waals surface area contributed by atoms with Crippen LogP contribution in [0, 0.1) is 6.92 Å². The normalized spacial score (nSPS) is 18.4. The zero-order valence-electron chi connectivity index (χ0n) is 11.1. The highest BCUT2D eigenvalue weighted by atomic mass is 16.5. The summed E-state index contributed by atoms with van der Waals surface area (Å²) in [4.78, 5) is 27.9. The van der Waals surface area contributed by atoms with E-state index in [1.165, 1.54) is 12.3 Å². The third-order valence-electron chi connectivity index (χ3n) is 3.53. The summed E-state index contributed by atoms with van der Waals surface area (Å²) in [6.07, 6.45) is 3.26. The highest BCUT2D eigenvalue weighted by Gasteiger charge is 2.32. The SMILES string of the molecule is Cc1cc([C@@H]2CCCN2C(=O)c2ccc(=O)[nH]c2)no1. The van der Waals surface area contributed by atoms with Crippen molar-refractivity contribution in [1.82, 2.24) is 15.0 Å². The molecule has 1 saturated heterocycles. The van der Waals surface area contributed by atoms with Gasteiger partial charge in [0.25, 0.3) is 5.91 Å². The molecule has 0 aliphatic carbocycles. The van der Waals surface area contributed by atoms with Crippen molar-refractivity contribution in [2.24, 2.45) is 0 Å². The number of hydrogen-bond acceptors (Lipinski definition) is 4. The van der Waals surface area contributed by atoms with E-state index in [0.29, 0.717) is 12.1 Å². The average Bonchev–Trinajstić information content (AvgIpc) is 3.07. The molecule has 3 heterocycles. The van der Waals surface area contributed by atoms with Crippen molar-refractivity contribution in [3.05, 3.63) is 51.8 Å². The molecule has 3 rings (SSSR count). The largest absolute Gasteiger partial charge is 0.361 e. The Morgan fingerprint density at radius 2 is 2.35 bits per heavy atom. The molecule has 0 unspecified atom stereocenters. The van der Waals surface area contributed by atoms with Crippen molar-refractivity contribution in [3.8, 4) is 0 Å². The summed E-state index contributed by atoms with van der Waals surface area (Å²) >= 11 is 0. The lowest BCUT2D eigenvalue weighted by Gasteiger charge is -2.22. The van der Waals surface area contributed by atoms with Crippen LogP contribution in [0.5, 0.6) is 0 Å². The second kappa shape index (κ2) is 4.96. The summed E-state index contributed by atoms with van der Waals surface area (Å²) in [6.45, 7) is 2.52. The van der Waals surface area contributed by atoms with Crippen molar-refractivity contribution in [2.45, 2.75) is 25.8 Å². The summed E-state index contributed by atoms with van der Waals surface area (Å²) in [6, 6.07) is 4.72. The Morgan fingerprint density at radius 1 is 1.50 bits per heavy atom. The number of rotatable bonds is 2. The first-order valence-corrected chi connectivity index (χ1v) is 6.58. The number of aromatic amines is 1. The Balaban J connectivity index is 1.86. The summed E-state index contributed by atoms with van der Waals surface area (Å²) in [5.41, 5.74) is 1.06. The van der Waals surface area contributed by atoms with Gasteiger partial charge in [-0.15, -0.1) is 0 Å². The van der Waals surface area contributed by atoms with E-state index in [4.69, 9.17) is 4.52 Å². The molecule has 1 atom stereocenters. The van der Waals surface area contributed by atoms with E-state index in [2.05, 4.69) is 10.1 Å². The van der Waals surface area contributed by atoms with E-state index in [0.717, 1.165) is 24.3 Å². The molecule has 0 radical (unpaired) electrons. The maximum Gasteiger partial charge on any atom is 0.255 e. The van der Waals surface area contributed by atoms with Gasteiger partial charge in [0.2, 0.25) is 5.56 Å². The molecule has 1 aliphatic rings. The standard InChI is InChI=1S/C14H15N3O3/c1-9-7-11(16-20-9)12-3-2-6-17(12)14(19)10-4-5-13(18)15-8-10/h4-5,7-8,12H,2-3,6H2,1H3,(H,15,18)/t12-/m0/s1. The van der Waals surface area contributed by atoms with Crippen LogP contribution in [-0.2, 0) is 0 Å². The van der Waals surface area contributed by atoms with Crippen LogP contribution in [0.15, 0.2) is 33.7 Å². The van der Waals surface area contributed by atoms with E-state index in [1.54, 1.807) is 11.0 Å². The summed E-state index contributed by atoms with van der Waals surface area (Å²) in [5, 5.41) is 4.01. The van der Waals surface area contributed by atoms with Crippen LogP contribution in [0.2, 0.25) is 0 Å². The van der Waals surface area contributed by atoms with Gasteiger partial charge in [-0.25, -0.2) is 0 Å². The average molecular weight is 273 g/mol. The van der Waals surface area contributed by atoms with Crippen molar-refractivity contribution >= 4 is 5.91 Å². The van der Waals surface area contributed by atoms with E-state index in [9.17, 15) is 9.59 Å². The molecular weight excluding hydrogens is 258 g/mol. The van der Waals surface area contributed by atoms with Crippen molar-refractivity contribution in [1.29, 1.82) is 0 Å². The molecule has 0 spiro atoms. The number of nitrogens with one attached hydrogen (secondary N) is 1. The van der Waals surface area contributed by atoms with E-state index < -0.39 is 0 Å². The molecule has 1 amide bonds. The fraction of sp³-hybridized carbons (Fsp3) is 0.357. The van der Waals surface area contributed by atoms with Gasteiger partial charge in [-0.1, -0.05) is 5.16 Å². The second-order valence-electron chi connectivity index (χ2n) is 4.96. The zero-order chi connectivity index (χ0) is 14.1. The van der Waals surface area contributed by atoms with Gasteiger partial charge in [-0.3, -0.25) is 9.59 Å². The van der Waals surface area contributed by atoms with Crippen molar-refractivity contribution in [2.75, 3.05) is 6.54 Å². The number of carbonyl (C=O) groups is 1. The van der Waals surface area contributed by atoms with Crippen LogP contribution >= 0.6 is 0 Å². The Morgan fingerprint density at radius 3 is 3.00 bits per heavy atom. The Labute approximate surface area is 115 Å². The number of aryl methyl sites for hydroxylation is 1. The van der Waals surface area contributed by atoms with Crippen molar-refractivity contribution in [3.63, 3.8) is 0 Å². The van der Waals surface area contributed by atoms with Gasteiger partial charge >= 0.3 is 0 Å². The highest BCUT2D eigenvalue weighted by Crippen LogP contribution is 2.32. The molecule has 104 valence electrons. The minimum absolute atomic E-state index is 0.0492. The molecule has 1 N–H and O–H groups in total.